The zero-order valence-electron chi connectivity index (χ0n) is 11.7. The van der Waals surface area contributed by atoms with Crippen molar-refractivity contribution in [1.29, 1.82) is 0 Å². The maximum absolute atomic E-state index is 12.4. The molecular formula is C16H24O2. The number of hydrogen-bond donors (Lipinski definition) is 0. The van der Waals surface area contributed by atoms with Crippen LogP contribution in [-0.4, -0.2) is 11.6 Å². The first-order valence-electron chi connectivity index (χ1n) is 7.07. The molecule has 2 fully saturated rings. The van der Waals surface area contributed by atoms with Gasteiger partial charge in [-0.3, -0.25) is 9.59 Å². The Balaban J connectivity index is 2.39. The lowest BCUT2D eigenvalue weighted by Gasteiger charge is -2.53. The fourth-order valence-corrected chi connectivity index (χ4v) is 4.24. The molecule has 0 unspecified atom stereocenters. The molecule has 5 atom stereocenters. The normalized spacial score (nSPS) is 44.3. The number of carbonyl (C=O) groups excluding carboxylic acids is 2. The molecule has 0 radical (unpaired) electrons. The van der Waals surface area contributed by atoms with E-state index < -0.39 is 0 Å². The van der Waals surface area contributed by atoms with Crippen molar-refractivity contribution in [2.75, 3.05) is 0 Å². The van der Waals surface area contributed by atoms with Crippen LogP contribution in [0.1, 0.15) is 46.5 Å². The number of fused-ring (bicyclic) bond motifs is 1. The third-order valence-electron chi connectivity index (χ3n) is 5.64. The molecule has 2 nitrogen and oxygen atoms in total. The molecule has 2 aliphatic rings. The van der Waals surface area contributed by atoms with E-state index >= 15 is 0 Å². The number of rotatable bonds is 2. The maximum Gasteiger partial charge on any atom is 0.137 e. The Hall–Kier alpha value is -0.920. The van der Waals surface area contributed by atoms with Gasteiger partial charge in [0.1, 0.15) is 11.6 Å². The molecule has 100 valence electrons. The minimum absolute atomic E-state index is 0.00910. The smallest absolute Gasteiger partial charge is 0.137 e. The largest absolute Gasteiger partial charge is 0.300 e. The van der Waals surface area contributed by atoms with Gasteiger partial charge in [-0.05, 0) is 43.4 Å². The summed E-state index contributed by atoms with van der Waals surface area (Å²) in [5.74, 6) is 1.21. The van der Waals surface area contributed by atoms with Crippen LogP contribution in [0.3, 0.4) is 0 Å². The molecule has 0 amide bonds. The van der Waals surface area contributed by atoms with Crippen molar-refractivity contribution in [2.24, 2.45) is 29.1 Å². The Bertz CT molecular complexity index is 385. The molecule has 2 heteroatoms. The number of carbonyl (C=O) groups is 2. The van der Waals surface area contributed by atoms with Gasteiger partial charge in [-0.15, -0.1) is 6.58 Å². The van der Waals surface area contributed by atoms with Crippen LogP contribution < -0.4 is 0 Å². The Morgan fingerprint density at radius 2 is 2.11 bits per heavy atom. The van der Waals surface area contributed by atoms with Crippen LogP contribution in [0.2, 0.25) is 0 Å². The maximum atomic E-state index is 12.4. The molecule has 0 aromatic rings. The van der Waals surface area contributed by atoms with Gasteiger partial charge >= 0.3 is 0 Å². The first-order valence-corrected chi connectivity index (χ1v) is 7.07. The summed E-state index contributed by atoms with van der Waals surface area (Å²) < 4.78 is 0. The lowest BCUT2D eigenvalue weighted by Crippen LogP contribution is -2.52. The molecule has 0 spiro atoms. The van der Waals surface area contributed by atoms with Crippen molar-refractivity contribution < 1.29 is 9.59 Å². The summed E-state index contributed by atoms with van der Waals surface area (Å²) >= 11 is 0. The summed E-state index contributed by atoms with van der Waals surface area (Å²) in [6, 6.07) is 0. The monoisotopic (exact) mass is 248 g/mol. The predicted molar refractivity (Wildman–Crippen MR) is 72.1 cm³/mol. The van der Waals surface area contributed by atoms with Crippen molar-refractivity contribution >= 4 is 11.6 Å². The van der Waals surface area contributed by atoms with Gasteiger partial charge in [-0.2, -0.15) is 0 Å². The highest BCUT2D eigenvalue weighted by Crippen LogP contribution is 2.55. The molecule has 2 saturated carbocycles. The second-order valence-corrected chi connectivity index (χ2v) is 6.46. The summed E-state index contributed by atoms with van der Waals surface area (Å²) in [5, 5.41) is 0. The zero-order valence-corrected chi connectivity index (χ0v) is 11.7. The van der Waals surface area contributed by atoms with E-state index in [1.165, 1.54) is 0 Å². The average molecular weight is 248 g/mol. The summed E-state index contributed by atoms with van der Waals surface area (Å²) in [6.45, 7) is 10.0. The third kappa shape index (κ3) is 1.86. The van der Waals surface area contributed by atoms with Crippen molar-refractivity contribution in [3.05, 3.63) is 12.7 Å². The van der Waals surface area contributed by atoms with Crippen LogP contribution in [0.25, 0.3) is 0 Å². The van der Waals surface area contributed by atoms with Crippen LogP contribution in [0, 0.1) is 29.1 Å². The number of hydrogen-bond acceptors (Lipinski definition) is 2. The molecule has 0 saturated heterocycles. The molecule has 0 aromatic carbocycles. The van der Waals surface area contributed by atoms with Crippen LogP contribution in [0.4, 0.5) is 0 Å². The number of allylic oxidation sites excluding steroid dienone is 1. The van der Waals surface area contributed by atoms with Crippen molar-refractivity contribution in [3.8, 4) is 0 Å². The Labute approximate surface area is 110 Å². The Kier molecular flexibility index (Phi) is 3.48. The molecule has 2 aliphatic carbocycles. The highest BCUT2D eigenvalue weighted by Gasteiger charge is 2.53. The molecule has 0 heterocycles. The van der Waals surface area contributed by atoms with E-state index in [1.54, 1.807) is 6.92 Å². The van der Waals surface area contributed by atoms with Gasteiger partial charge in [0.25, 0.3) is 0 Å². The van der Waals surface area contributed by atoms with Gasteiger partial charge in [0.05, 0.1) is 0 Å². The van der Waals surface area contributed by atoms with E-state index in [0.29, 0.717) is 18.1 Å². The molecule has 0 aromatic heterocycles. The molecule has 0 bridgehead atoms. The molecular weight excluding hydrogens is 224 g/mol. The second kappa shape index (κ2) is 4.64. The topological polar surface area (TPSA) is 34.1 Å². The van der Waals surface area contributed by atoms with Crippen molar-refractivity contribution in [1.82, 2.24) is 0 Å². The second-order valence-electron chi connectivity index (χ2n) is 6.46. The number of Topliss-reactive ketones (excluding diaryl/α,β-unsaturated/α-hetero) is 2. The highest BCUT2D eigenvalue weighted by atomic mass is 16.1. The molecule has 0 aliphatic heterocycles. The van der Waals surface area contributed by atoms with Crippen LogP contribution >= 0.6 is 0 Å². The third-order valence-corrected chi connectivity index (χ3v) is 5.64. The first kappa shape index (κ1) is 13.5. The summed E-state index contributed by atoms with van der Waals surface area (Å²) in [5.41, 5.74) is 0.0696. The summed E-state index contributed by atoms with van der Waals surface area (Å²) in [6.07, 6.45) is 5.46. The van der Waals surface area contributed by atoms with E-state index in [2.05, 4.69) is 20.4 Å². The van der Waals surface area contributed by atoms with Crippen LogP contribution in [0.5, 0.6) is 0 Å². The predicted octanol–water partition coefficient (Wildman–Crippen LogP) is 3.41. The minimum atomic E-state index is 0.00910. The van der Waals surface area contributed by atoms with Gasteiger partial charge in [0.15, 0.2) is 0 Å². The molecule has 18 heavy (non-hydrogen) atoms. The SMILES string of the molecule is C=C[C@@H]1[C@H]2C(=O)CC[C@@H](C)[C@]2(C)CC[C@H]1C(C)=O. The number of ketones is 2. The molecule has 0 N–H and O–H groups in total. The van der Waals surface area contributed by atoms with Gasteiger partial charge in [0, 0.05) is 18.3 Å². The quantitative estimate of drug-likeness (QED) is 0.702. The van der Waals surface area contributed by atoms with E-state index in [0.717, 1.165) is 19.3 Å². The fraction of sp³-hybridized carbons (Fsp3) is 0.750. The van der Waals surface area contributed by atoms with Crippen molar-refractivity contribution in [3.63, 3.8) is 0 Å². The van der Waals surface area contributed by atoms with E-state index in [1.807, 2.05) is 6.08 Å². The lowest BCUT2D eigenvalue weighted by molar-refractivity contribution is -0.144. The van der Waals surface area contributed by atoms with Gasteiger partial charge < -0.3 is 0 Å². The van der Waals surface area contributed by atoms with E-state index in [4.69, 9.17) is 0 Å². The zero-order chi connectivity index (χ0) is 13.5. The Morgan fingerprint density at radius 3 is 2.67 bits per heavy atom. The van der Waals surface area contributed by atoms with E-state index in [-0.39, 0.29) is 29.0 Å². The standard InChI is InChI=1S/C16H24O2/c1-5-12-13(11(3)17)8-9-16(4)10(2)6-7-14(18)15(12)16/h5,10,12-13,15H,1,6-9H2,2-4H3/t10-,12+,13+,15+,16+/m1/s1. The van der Waals surface area contributed by atoms with Gasteiger partial charge in [-0.1, -0.05) is 19.9 Å². The minimum Gasteiger partial charge on any atom is -0.300 e. The fourth-order valence-electron chi connectivity index (χ4n) is 4.24. The first-order chi connectivity index (χ1) is 8.41. The Morgan fingerprint density at radius 1 is 1.44 bits per heavy atom. The van der Waals surface area contributed by atoms with Gasteiger partial charge in [0.2, 0.25) is 0 Å². The average Bonchev–Trinajstić information content (AvgIpc) is 2.32. The van der Waals surface area contributed by atoms with Crippen LogP contribution in [0.15, 0.2) is 12.7 Å². The lowest BCUT2D eigenvalue weighted by atomic mass is 9.50. The van der Waals surface area contributed by atoms with Crippen molar-refractivity contribution in [2.45, 2.75) is 46.5 Å². The summed E-state index contributed by atoms with van der Waals surface area (Å²) in [4.78, 5) is 24.1. The van der Waals surface area contributed by atoms with Gasteiger partial charge in [-0.25, -0.2) is 0 Å². The molecule has 2 rings (SSSR count). The van der Waals surface area contributed by atoms with Crippen LogP contribution in [-0.2, 0) is 9.59 Å². The van der Waals surface area contributed by atoms with E-state index in [9.17, 15) is 9.59 Å². The summed E-state index contributed by atoms with van der Waals surface area (Å²) in [7, 11) is 0. The highest BCUT2D eigenvalue weighted by molar-refractivity contribution is 5.86.